The second-order valence-corrected chi connectivity index (χ2v) is 9.29. The molecule has 6 nitrogen and oxygen atoms in total. The van der Waals surface area contributed by atoms with Gasteiger partial charge in [-0.1, -0.05) is 52.7 Å². The predicted octanol–water partition coefficient (Wildman–Crippen LogP) is 5.66. The van der Waals surface area contributed by atoms with Gasteiger partial charge in [0.2, 0.25) is 5.91 Å². The molecule has 0 bridgehead atoms. The Balaban J connectivity index is 2.35. The maximum atomic E-state index is 13.2. The number of hydrogen-bond acceptors (Lipinski definition) is 4. The molecule has 0 heterocycles. The summed E-state index contributed by atoms with van der Waals surface area (Å²) in [6.07, 6.45) is 3.24. The standard InChI is InChI=1S/C27H38N2O4/c1-8-9-10-18(21-13-12-20(32-6)17-24(21)33-7)16-25(30)29-23-15-19(26(31)28-5)11-14-22(23)27(2,3)4/h11-15,17-18H,8-10,16H2,1-7H3,(H,28,31)(H,29,30). The number of amides is 2. The van der Waals surface area contributed by atoms with Crippen LogP contribution < -0.4 is 20.1 Å². The minimum absolute atomic E-state index is 0.00557. The van der Waals surface area contributed by atoms with Crippen molar-refractivity contribution in [3.05, 3.63) is 53.1 Å². The third-order valence-corrected chi connectivity index (χ3v) is 5.81. The van der Waals surface area contributed by atoms with Crippen molar-refractivity contribution in [3.63, 3.8) is 0 Å². The Morgan fingerprint density at radius 3 is 2.33 bits per heavy atom. The molecular weight excluding hydrogens is 416 g/mol. The van der Waals surface area contributed by atoms with Gasteiger partial charge >= 0.3 is 0 Å². The fourth-order valence-electron chi connectivity index (χ4n) is 3.99. The Morgan fingerprint density at radius 1 is 1.03 bits per heavy atom. The summed E-state index contributed by atoms with van der Waals surface area (Å²) in [7, 11) is 4.85. The van der Waals surface area contributed by atoms with E-state index in [9.17, 15) is 9.59 Å². The molecule has 0 radical (unpaired) electrons. The van der Waals surface area contributed by atoms with Gasteiger partial charge in [0.15, 0.2) is 0 Å². The van der Waals surface area contributed by atoms with Gasteiger partial charge in [0.1, 0.15) is 11.5 Å². The third kappa shape index (κ3) is 6.98. The number of rotatable bonds is 10. The van der Waals surface area contributed by atoms with Crippen LogP contribution in [0.1, 0.15) is 80.8 Å². The summed E-state index contributed by atoms with van der Waals surface area (Å²) in [4.78, 5) is 25.4. The van der Waals surface area contributed by atoms with Crippen molar-refractivity contribution in [2.24, 2.45) is 0 Å². The smallest absolute Gasteiger partial charge is 0.251 e. The summed E-state index contributed by atoms with van der Waals surface area (Å²) in [5.74, 6) is 1.17. The van der Waals surface area contributed by atoms with Crippen LogP contribution in [0.15, 0.2) is 36.4 Å². The molecule has 0 aliphatic carbocycles. The molecule has 2 N–H and O–H groups in total. The average molecular weight is 455 g/mol. The van der Waals surface area contributed by atoms with E-state index in [1.165, 1.54) is 0 Å². The first-order valence-electron chi connectivity index (χ1n) is 11.5. The van der Waals surface area contributed by atoms with Crippen molar-refractivity contribution >= 4 is 17.5 Å². The molecule has 0 saturated heterocycles. The highest BCUT2D eigenvalue weighted by molar-refractivity contribution is 5.98. The molecular formula is C27H38N2O4. The third-order valence-electron chi connectivity index (χ3n) is 5.81. The maximum Gasteiger partial charge on any atom is 0.251 e. The Kier molecular flexibility index (Phi) is 9.32. The molecule has 2 amide bonds. The Hall–Kier alpha value is -3.02. The molecule has 2 rings (SSSR count). The molecule has 6 heteroatoms. The number of methoxy groups -OCH3 is 2. The number of unbranched alkanes of at least 4 members (excludes halogenated alkanes) is 1. The molecule has 33 heavy (non-hydrogen) atoms. The van der Waals surface area contributed by atoms with Crippen molar-refractivity contribution in [1.82, 2.24) is 5.32 Å². The topological polar surface area (TPSA) is 76.7 Å². The van der Waals surface area contributed by atoms with Crippen molar-refractivity contribution in [3.8, 4) is 11.5 Å². The number of benzene rings is 2. The predicted molar refractivity (Wildman–Crippen MR) is 134 cm³/mol. The van der Waals surface area contributed by atoms with Crippen LogP contribution in [0, 0.1) is 0 Å². The zero-order chi connectivity index (χ0) is 24.6. The number of nitrogens with one attached hydrogen (secondary N) is 2. The minimum atomic E-state index is -0.190. The summed E-state index contributed by atoms with van der Waals surface area (Å²) in [5, 5.41) is 5.73. The number of hydrogen-bond donors (Lipinski definition) is 2. The quantitative estimate of drug-likeness (QED) is 0.485. The molecule has 0 spiro atoms. The monoisotopic (exact) mass is 454 g/mol. The van der Waals surface area contributed by atoms with E-state index in [1.54, 1.807) is 33.4 Å². The first-order chi connectivity index (χ1) is 15.6. The van der Waals surface area contributed by atoms with Crippen LogP contribution >= 0.6 is 0 Å². The van der Waals surface area contributed by atoms with Gasteiger partial charge in [-0.15, -0.1) is 0 Å². The summed E-state index contributed by atoms with van der Waals surface area (Å²) < 4.78 is 10.9. The number of carbonyl (C=O) groups excluding carboxylic acids is 2. The summed E-state index contributed by atoms with van der Waals surface area (Å²) in [6.45, 7) is 8.40. The molecule has 0 aliphatic rings. The lowest BCUT2D eigenvalue weighted by Gasteiger charge is -2.25. The van der Waals surface area contributed by atoms with Gasteiger partial charge in [0.05, 0.1) is 14.2 Å². The van der Waals surface area contributed by atoms with Crippen LogP contribution in [0.3, 0.4) is 0 Å². The van der Waals surface area contributed by atoms with Crippen LogP contribution in [0.25, 0.3) is 0 Å². The average Bonchev–Trinajstić information content (AvgIpc) is 2.79. The van der Waals surface area contributed by atoms with E-state index in [-0.39, 0.29) is 23.1 Å². The Bertz CT molecular complexity index is 963. The van der Waals surface area contributed by atoms with Crippen molar-refractivity contribution in [2.75, 3.05) is 26.6 Å². The fourth-order valence-corrected chi connectivity index (χ4v) is 3.99. The Morgan fingerprint density at radius 2 is 1.76 bits per heavy atom. The summed E-state index contributed by atoms with van der Waals surface area (Å²) >= 11 is 0. The van der Waals surface area contributed by atoms with Gasteiger partial charge in [-0.3, -0.25) is 9.59 Å². The van der Waals surface area contributed by atoms with Gasteiger partial charge in [0.25, 0.3) is 5.91 Å². The number of carbonyl (C=O) groups is 2. The van der Waals surface area contributed by atoms with Crippen molar-refractivity contribution in [2.45, 2.75) is 64.7 Å². The van der Waals surface area contributed by atoms with Crippen LogP contribution in [0.5, 0.6) is 11.5 Å². The zero-order valence-electron chi connectivity index (χ0n) is 21.0. The summed E-state index contributed by atoms with van der Waals surface area (Å²) in [5.41, 5.74) is 2.97. The lowest BCUT2D eigenvalue weighted by molar-refractivity contribution is -0.116. The molecule has 1 unspecified atom stereocenters. The van der Waals surface area contributed by atoms with E-state index in [2.05, 4.69) is 38.3 Å². The molecule has 180 valence electrons. The molecule has 2 aromatic rings. The number of ether oxygens (including phenoxy) is 2. The lowest BCUT2D eigenvalue weighted by Crippen LogP contribution is -2.22. The molecule has 0 aromatic heterocycles. The minimum Gasteiger partial charge on any atom is -0.497 e. The van der Waals surface area contributed by atoms with E-state index < -0.39 is 0 Å². The molecule has 2 aromatic carbocycles. The molecule has 0 fully saturated rings. The first-order valence-corrected chi connectivity index (χ1v) is 11.5. The van der Waals surface area contributed by atoms with Gasteiger partial charge < -0.3 is 20.1 Å². The molecule has 0 aliphatic heterocycles. The van der Waals surface area contributed by atoms with Crippen molar-refractivity contribution < 1.29 is 19.1 Å². The highest BCUT2D eigenvalue weighted by Crippen LogP contribution is 2.36. The van der Waals surface area contributed by atoms with E-state index in [1.807, 2.05) is 24.3 Å². The largest absolute Gasteiger partial charge is 0.497 e. The SMILES string of the molecule is CCCCC(CC(=O)Nc1cc(C(=O)NC)ccc1C(C)(C)C)c1ccc(OC)cc1OC. The van der Waals surface area contributed by atoms with Crippen LogP contribution in [0.2, 0.25) is 0 Å². The zero-order valence-corrected chi connectivity index (χ0v) is 21.0. The van der Waals surface area contributed by atoms with Crippen LogP contribution in [-0.4, -0.2) is 33.1 Å². The highest BCUT2D eigenvalue weighted by Gasteiger charge is 2.24. The summed E-state index contributed by atoms with van der Waals surface area (Å²) in [6, 6.07) is 11.2. The molecule has 1 atom stereocenters. The van der Waals surface area contributed by atoms with E-state index in [0.29, 0.717) is 17.7 Å². The fraction of sp³-hybridized carbons (Fsp3) is 0.481. The van der Waals surface area contributed by atoms with E-state index >= 15 is 0 Å². The van der Waals surface area contributed by atoms with Gasteiger partial charge in [0, 0.05) is 30.8 Å². The lowest BCUT2D eigenvalue weighted by atomic mass is 9.84. The van der Waals surface area contributed by atoms with Crippen molar-refractivity contribution in [1.29, 1.82) is 0 Å². The van der Waals surface area contributed by atoms with E-state index in [0.717, 1.165) is 41.9 Å². The second kappa shape index (κ2) is 11.7. The van der Waals surface area contributed by atoms with Gasteiger partial charge in [-0.2, -0.15) is 0 Å². The van der Waals surface area contributed by atoms with Gasteiger partial charge in [-0.05, 0) is 47.1 Å². The first kappa shape index (κ1) is 26.2. The molecule has 0 saturated carbocycles. The van der Waals surface area contributed by atoms with Crippen LogP contribution in [-0.2, 0) is 10.2 Å². The normalized spacial score (nSPS) is 12.1. The Labute approximate surface area is 198 Å². The van der Waals surface area contributed by atoms with Crippen LogP contribution in [0.4, 0.5) is 5.69 Å². The van der Waals surface area contributed by atoms with E-state index in [4.69, 9.17) is 9.47 Å². The highest BCUT2D eigenvalue weighted by atomic mass is 16.5. The second-order valence-electron chi connectivity index (χ2n) is 9.29. The maximum absolute atomic E-state index is 13.2. The number of anilines is 1. The van der Waals surface area contributed by atoms with Gasteiger partial charge in [-0.25, -0.2) is 0 Å².